The first-order chi connectivity index (χ1) is 11.0. The van der Waals surface area contributed by atoms with E-state index in [1.165, 1.54) is 0 Å². The summed E-state index contributed by atoms with van der Waals surface area (Å²) in [6.07, 6.45) is 1.55. The number of nitrogen functional groups attached to an aromatic ring is 3. The first-order valence-corrected chi connectivity index (χ1v) is 7.10. The molecule has 1 aromatic carbocycles. The van der Waals surface area contributed by atoms with Crippen LogP contribution in [0.1, 0.15) is 11.1 Å². The summed E-state index contributed by atoms with van der Waals surface area (Å²) >= 11 is 0. The summed E-state index contributed by atoms with van der Waals surface area (Å²) in [4.78, 5) is 8.31. The van der Waals surface area contributed by atoms with Crippen LogP contribution in [0.3, 0.4) is 0 Å². The smallest absolute Gasteiger partial charge is 0.222 e. The van der Waals surface area contributed by atoms with Crippen LogP contribution in [0.15, 0.2) is 41.0 Å². The lowest BCUT2D eigenvalue weighted by Gasteiger charge is -2.12. The van der Waals surface area contributed by atoms with Crippen molar-refractivity contribution in [2.24, 2.45) is 0 Å². The summed E-state index contributed by atoms with van der Waals surface area (Å²) in [5.41, 5.74) is 21.4. The predicted molar refractivity (Wildman–Crippen MR) is 91.5 cm³/mol. The monoisotopic (exact) mass is 310 g/mol. The third-order valence-corrected chi connectivity index (χ3v) is 3.51. The van der Waals surface area contributed by atoms with Gasteiger partial charge in [-0.1, -0.05) is 12.1 Å². The van der Waals surface area contributed by atoms with Gasteiger partial charge in [0.2, 0.25) is 5.95 Å². The van der Waals surface area contributed by atoms with Crippen LogP contribution in [0.2, 0.25) is 0 Å². The van der Waals surface area contributed by atoms with E-state index in [0.717, 1.165) is 16.8 Å². The Kier molecular flexibility index (Phi) is 3.76. The Morgan fingerprint density at radius 3 is 2.65 bits per heavy atom. The third kappa shape index (κ3) is 3.03. The lowest BCUT2D eigenvalue weighted by atomic mass is 10.1. The van der Waals surface area contributed by atoms with Crippen LogP contribution in [-0.4, -0.2) is 9.97 Å². The van der Waals surface area contributed by atoms with Crippen LogP contribution < -0.4 is 22.5 Å². The zero-order valence-corrected chi connectivity index (χ0v) is 12.7. The average molecular weight is 310 g/mol. The molecular formula is C16H18N6O. The van der Waals surface area contributed by atoms with Gasteiger partial charge < -0.3 is 26.9 Å². The molecule has 23 heavy (non-hydrogen) atoms. The maximum Gasteiger partial charge on any atom is 0.222 e. The topological polar surface area (TPSA) is 129 Å². The van der Waals surface area contributed by atoms with E-state index in [-0.39, 0.29) is 5.95 Å². The van der Waals surface area contributed by atoms with Gasteiger partial charge in [0.15, 0.2) is 11.6 Å². The SMILES string of the molecule is Cc1cc(CNc2nc(N)nc(-c3ccco3)c2N)ccc1N. The molecule has 0 fully saturated rings. The van der Waals surface area contributed by atoms with E-state index in [1.54, 1.807) is 18.4 Å². The van der Waals surface area contributed by atoms with E-state index in [4.69, 9.17) is 21.6 Å². The van der Waals surface area contributed by atoms with Crippen molar-refractivity contribution < 1.29 is 4.42 Å². The second-order valence-corrected chi connectivity index (χ2v) is 5.21. The van der Waals surface area contributed by atoms with Gasteiger partial charge in [0.25, 0.3) is 0 Å². The van der Waals surface area contributed by atoms with E-state index in [2.05, 4.69) is 15.3 Å². The van der Waals surface area contributed by atoms with Crippen molar-refractivity contribution in [2.45, 2.75) is 13.5 Å². The standard InChI is InChI=1S/C16H18N6O/c1-9-7-10(4-5-11(9)17)8-20-15-13(18)14(21-16(19)22-15)12-3-2-6-23-12/h2-7H,8,17-18H2,1H3,(H3,19,20,21,22). The van der Waals surface area contributed by atoms with E-state index >= 15 is 0 Å². The molecule has 0 unspecified atom stereocenters. The number of nitrogens with two attached hydrogens (primary N) is 3. The van der Waals surface area contributed by atoms with Gasteiger partial charge in [-0.15, -0.1) is 0 Å². The molecule has 0 aliphatic carbocycles. The molecule has 3 rings (SSSR count). The molecule has 0 spiro atoms. The van der Waals surface area contributed by atoms with Crippen molar-refractivity contribution in [2.75, 3.05) is 22.5 Å². The zero-order valence-electron chi connectivity index (χ0n) is 12.7. The maximum atomic E-state index is 6.14. The molecule has 0 radical (unpaired) electrons. The first kappa shape index (κ1) is 14.7. The highest BCUT2D eigenvalue weighted by atomic mass is 16.3. The third-order valence-electron chi connectivity index (χ3n) is 3.51. The van der Waals surface area contributed by atoms with Crippen molar-refractivity contribution in [1.82, 2.24) is 9.97 Å². The summed E-state index contributed by atoms with van der Waals surface area (Å²) < 4.78 is 5.33. The van der Waals surface area contributed by atoms with Crippen LogP contribution >= 0.6 is 0 Å². The molecule has 7 nitrogen and oxygen atoms in total. The van der Waals surface area contributed by atoms with Gasteiger partial charge in [0, 0.05) is 12.2 Å². The van der Waals surface area contributed by atoms with Gasteiger partial charge in [0.05, 0.1) is 6.26 Å². The Balaban J connectivity index is 1.86. The van der Waals surface area contributed by atoms with E-state index in [1.807, 2.05) is 25.1 Å². The van der Waals surface area contributed by atoms with E-state index in [9.17, 15) is 0 Å². The van der Waals surface area contributed by atoms with Crippen molar-refractivity contribution in [3.63, 3.8) is 0 Å². The van der Waals surface area contributed by atoms with Gasteiger partial charge in [-0.25, -0.2) is 4.98 Å². The number of hydrogen-bond acceptors (Lipinski definition) is 7. The fraction of sp³-hybridized carbons (Fsp3) is 0.125. The molecule has 0 atom stereocenters. The number of furan rings is 1. The number of nitrogens with zero attached hydrogens (tertiary/aromatic N) is 2. The summed E-state index contributed by atoms with van der Waals surface area (Å²) in [5, 5.41) is 3.18. The van der Waals surface area contributed by atoms with E-state index in [0.29, 0.717) is 29.5 Å². The lowest BCUT2D eigenvalue weighted by Crippen LogP contribution is -2.09. The molecule has 0 amide bonds. The van der Waals surface area contributed by atoms with Gasteiger partial charge >= 0.3 is 0 Å². The van der Waals surface area contributed by atoms with Gasteiger partial charge in [-0.3, -0.25) is 0 Å². The molecule has 3 aromatic rings. The lowest BCUT2D eigenvalue weighted by molar-refractivity contribution is 0.580. The molecule has 7 N–H and O–H groups in total. The maximum absolute atomic E-state index is 6.14. The molecule has 7 heteroatoms. The molecule has 118 valence electrons. The number of benzene rings is 1. The van der Waals surface area contributed by atoms with Crippen molar-refractivity contribution in [3.8, 4) is 11.5 Å². The Bertz CT molecular complexity index is 829. The predicted octanol–water partition coefficient (Wildman–Crippen LogP) is 2.40. The van der Waals surface area contributed by atoms with E-state index < -0.39 is 0 Å². The summed E-state index contributed by atoms with van der Waals surface area (Å²) in [6, 6.07) is 9.36. The minimum atomic E-state index is 0.126. The van der Waals surface area contributed by atoms with Gasteiger partial charge in [-0.2, -0.15) is 4.98 Å². The number of aromatic nitrogens is 2. The Labute approximate surface area is 133 Å². The fourth-order valence-corrected chi connectivity index (χ4v) is 2.26. The first-order valence-electron chi connectivity index (χ1n) is 7.10. The highest BCUT2D eigenvalue weighted by Crippen LogP contribution is 2.30. The molecule has 2 heterocycles. The molecule has 0 saturated carbocycles. The molecule has 0 aliphatic heterocycles. The van der Waals surface area contributed by atoms with Crippen LogP contribution in [0.25, 0.3) is 11.5 Å². The van der Waals surface area contributed by atoms with Crippen LogP contribution in [0.5, 0.6) is 0 Å². The van der Waals surface area contributed by atoms with Crippen LogP contribution in [-0.2, 0) is 6.54 Å². The molecular weight excluding hydrogens is 292 g/mol. The normalized spacial score (nSPS) is 10.7. The highest BCUT2D eigenvalue weighted by Gasteiger charge is 2.14. The Morgan fingerprint density at radius 1 is 1.13 bits per heavy atom. The summed E-state index contributed by atoms with van der Waals surface area (Å²) in [7, 11) is 0. The Hall–Kier alpha value is -3.22. The summed E-state index contributed by atoms with van der Waals surface area (Å²) in [6.45, 7) is 2.50. The Morgan fingerprint density at radius 2 is 1.96 bits per heavy atom. The van der Waals surface area contributed by atoms with Gasteiger partial charge in [0.1, 0.15) is 11.4 Å². The minimum absolute atomic E-state index is 0.126. The largest absolute Gasteiger partial charge is 0.463 e. The quantitative estimate of drug-likeness (QED) is 0.544. The molecule has 0 saturated heterocycles. The number of aryl methyl sites for hydroxylation is 1. The van der Waals surface area contributed by atoms with Crippen LogP contribution in [0, 0.1) is 6.92 Å². The van der Waals surface area contributed by atoms with Gasteiger partial charge in [-0.05, 0) is 36.2 Å². The number of anilines is 4. The second kappa shape index (κ2) is 5.88. The molecule has 2 aromatic heterocycles. The second-order valence-electron chi connectivity index (χ2n) is 5.21. The van der Waals surface area contributed by atoms with Crippen molar-refractivity contribution in [1.29, 1.82) is 0 Å². The van der Waals surface area contributed by atoms with Crippen molar-refractivity contribution >= 4 is 23.1 Å². The number of nitrogens with one attached hydrogen (secondary N) is 1. The number of rotatable bonds is 4. The number of hydrogen-bond donors (Lipinski definition) is 4. The minimum Gasteiger partial charge on any atom is -0.463 e. The van der Waals surface area contributed by atoms with Crippen molar-refractivity contribution in [3.05, 3.63) is 47.7 Å². The molecule has 0 aliphatic rings. The summed E-state index contributed by atoms with van der Waals surface area (Å²) in [5.74, 6) is 1.14. The molecule has 0 bridgehead atoms. The zero-order chi connectivity index (χ0) is 16.4. The average Bonchev–Trinajstić information content (AvgIpc) is 3.05. The van der Waals surface area contributed by atoms with Crippen LogP contribution in [0.4, 0.5) is 23.1 Å². The highest BCUT2D eigenvalue weighted by molar-refractivity contribution is 5.79. The fourth-order valence-electron chi connectivity index (χ4n) is 2.26.